The van der Waals surface area contributed by atoms with E-state index in [1.165, 1.54) is 12.7 Å². The number of anilines is 1. The summed E-state index contributed by atoms with van der Waals surface area (Å²) in [6.07, 6.45) is 2.70. The lowest BCUT2D eigenvalue weighted by molar-refractivity contribution is 0.276. The van der Waals surface area contributed by atoms with E-state index in [0.29, 0.717) is 17.6 Å². The Kier molecular flexibility index (Phi) is 2.95. The molecule has 84 valence electrons. The average molecular weight is 210 g/mol. The molecular weight excluding hydrogens is 192 g/mol. The minimum Gasteiger partial charge on any atom is -0.432 e. The van der Waals surface area contributed by atoms with Gasteiger partial charge in [0.05, 0.1) is 6.61 Å². The Balaban J connectivity index is 2.05. The van der Waals surface area contributed by atoms with E-state index in [-0.39, 0.29) is 6.61 Å². The summed E-state index contributed by atoms with van der Waals surface area (Å²) in [5, 5.41) is 8.90. The molecule has 0 aliphatic carbocycles. The third kappa shape index (κ3) is 2.15. The molecule has 1 aromatic heterocycles. The molecule has 1 aliphatic rings. The molecule has 4 nitrogen and oxygen atoms in total. The molecule has 0 aromatic carbocycles. The molecule has 0 amide bonds. The second-order valence-electron chi connectivity index (χ2n) is 4.47. The molecule has 0 saturated carbocycles. The van der Waals surface area contributed by atoms with Crippen molar-refractivity contribution in [2.75, 3.05) is 18.0 Å². The molecule has 1 fully saturated rings. The highest BCUT2D eigenvalue weighted by Crippen LogP contribution is 2.26. The van der Waals surface area contributed by atoms with Gasteiger partial charge in [0.15, 0.2) is 0 Å². The topological polar surface area (TPSA) is 49.5 Å². The highest BCUT2D eigenvalue weighted by atomic mass is 16.4. The fourth-order valence-corrected chi connectivity index (χ4v) is 1.95. The third-order valence-electron chi connectivity index (χ3n) is 3.31. The van der Waals surface area contributed by atoms with E-state index >= 15 is 0 Å². The molecule has 0 radical (unpaired) electrons. The molecule has 2 rings (SSSR count). The summed E-state index contributed by atoms with van der Waals surface area (Å²) in [5.41, 5.74) is 0.608. The van der Waals surface area contributed by atoms with Crippen molar-refractivity contribution < 1.29 is 9.52 Å². The number of rotatable bonds is 2. The van der Waals surface area contributed by atoms with Gasteiger partial charge in [0.2, 0.25) is 0 Å². The highest BCUT2D eigenvalue weighted by molar-refractivity contribution is 5.27. The van der Waals surface area contributed by atoms with Crippen LogP contribution in [-0.4, -0.2) is 23.2 Å². The van der Waals surface area contributed by atoms with E-state index in [1.54, 1.807) is 0 Å². The molecule has 1 N–H and O–H groups in total. The lowest BCUT2D eigenvalue weighted by Gasteiger charge is -2.34. The van der Waals surface area contributed by atoms with Gasteiger partial charge in [-0.2, -0.15) is 4.98 Å². The fraction of sp³-hybridized carbons (Fsp3) is 0.727. The largest absolute Gasteiger partial charge is 0.432 e. The van der Waals surface area contributed by atoms with Gasteiger partial charge in [-0.1, -0.05) is 13.8 Å². The second kappa shape index (κ2) is 4.23. The standard InChI is InChI=1S/C11H18N2O2/c1-8-3-4-13(5-9(8)2)11-12-10(6-14)7-15-11/h7-9,14H,3-6H2,1-2H3. The summed E-state index contributed by atoms with van der Waals surface area (Å²) in [4.78, 5) is 6.38. The monoisotopic (exact) mass is 210 g/mol. The fourth-order valence-electron chi connectivity index (χ4n) is 1.95. The van der Waals surface area contributed by atoms with Crippen molar-refractivity contribution in [1.82, 2.24) is 4.98 Å². The van der Waals surface area contributed by atoms with Gasteiger partial charge in [-0.25, -0.2) is 0 Å². The van der Waals surface area contributed by atoms with E-state index in [2.05, 4.69) is 23.7 Å². The van der Waals surface area contributed by atoms with Crippen molar-refractivity contribution in [3.63, 3.8) is 0 Å². The first-order valence-corrected chi connectivity index (χ1v) is 5.51. The molecule has 2 unspecified atom stereocenters. The van der Waals surface area contributed by atoms with Crippen LogP contribution < -0.4 is 4.90 Å². The quantitative estimate of drug-likeness (QED) is 0.806. The molecular formula is C11H18N2O2. The van der Waals surface area contributed by atoms with Gasteiger partial charge in [-0.15, -0.1) is 0 Å². The van der Waals surface area contributed by atoms with E-state index in [4.69, 9.17) is 9.52 Å². The van der Waals surface area contributed by atoms with Crippen LogP contribution in [0.5, 0.6) is 0 Å². The highest BCUT2D eigenvalue weighted by Gasteiger charge is 2.25. The predicted molar refractivity (Wildman–Crippen MR) is 57.6 cm³/mol. The van der Waals surface area contributed by atoms with E-state index in [9.17, 15) is 0 Å². The van der Waals surface area contributed by atoms with Crippen LogP contribution in [0.2, 0.25) is 0 Å². The maximum absolute atomic E-state index is 8.90. The maximum atomic E-state index is 8.90. The Morgan fingerprint density at radius 2 is 2.33 bits per heavy atom. The van der Waals surface area contributed by atoms with Crippen LogP contribution in [-0.2, 0) is 6.61 Å². The van der Waals surface area contributed by atoms with Gasteiger partial charge in [-0.3, -0.25) is 0 Å². The summed E-state index contributed by atoms with van der Waals surface area (Å²) >= 11 is 0. The zero-order valence-electron chi connectivity index (χ0n) is 9.31. The summed E-state index contributed by atoms with van der Waals surface area (Å²) in [5.74, 6) is 1.44. The van der Waals surface area contributed by atoms with Crippen LogP contribution in [0.4, 0.5) is 6.01 Å². The van der Waals surface area contributed by atoms with Crippen LogP contribution in [0.15, 0.2) is 10.7 Å². The Labute approximate surface area is 89.9 Å². The zero-order chi connectivity index (χ0) is 10.8. The van der Waals surface area contributed by atoms with Crippen LogP contribution in [0, 0.1) is 11.8 Å². The van der Waals surface area contributed by atoms with Gasteiger partial charge >= 0.3 is 0 Å². The molecule has 15 heavy (non-hydrogen) atoms. The third-order valence-corrected chi connectivity index (χ3v) is 3.31. The number of oxazole rings is 1. The molecule has 0 spiro atoms. The Hall–Kier alpha value is -1.03. The Bertz CT molecular complexity index is 324. The van der Waals surface area contributed by atoms with E-state index < -0.39 is 0 Å². The molecule has 1 saturated heterocycles. The summed E-state index contributed by atoms with van der Waals surface area (Å²) in [6, 6.07) is 0.651. The summed E-state index contributed by atoms with van der Waals surface area (Å²) in [6.45, 7) is 6.48. The van der Waals surface area contributed by atoms with Crippen molar-refractivity contribution in [3.8, 4) is 0 Å². The summed E-state index contributed by atoms with van der Waals surface area (Å²) < 4.78 is 5.33. The van der Waals surface area contributed by atoms with Crippen molar-refractivity contribution in [1.29, 1.82) is 0 Å². The van der Waals surface area contributed by atoms with Crippen LogP contribution in [0.1, 0.15) is 26.0 Å². The smallest absolute Gasteiger partial charge is 0.297 e. The minimum atomic E-state index is -0.0523. The second-order valence-corrected chi connectivity index (χ2v) is 4.47. The lowest BCUT2D eigenvalue weighted by atomic mass is 9.89. The van der Waals surface area contributed by atoms with Crippen molar-refractivity contribution in [3.05, 3.63) is 12.0 Å². The Morgan fingerprint density at radius 3 is 2.93 bits per heavy atom. The number of aromatic nitrogens is 1. The van der Waals surface area contributed by atoms with E-state index in [1.807, 2.05) is 0 Å². The molecule has 4 heteroatoms. The van der Waals surface area contributed by atoms with Gasteiger partial charge < -0.3 is 14.4 Å². The van der Waals surface area contributed by atoms with Gasteiger partial charge in [0.1, 0.15) is 12.0 Å². The van der Waals surface area contributed by atoms with Crippen LogP contribution in [0.3, 0.4) is 0 Å². The van der Waals surface area contributed by atoms with Crippen LogP contribution in [0.25, 0.3) is 0 Å². The van der Waals surface area contributed by atoms with Crippen molar-refractivity contribution in [2.24, 2.45) is 11.8 Å². The van der Waals surface area contributed by atoms with E-state index in [0.717, 1.165) is 19.0 Å². The molecule has 2 heterocycles. The average Bonchev–Trinajstić information content (AvgIpc) is 2.70. The molecule has 0 bridgehead atoms. The first-order valence-electron chi connectivity index (χ1n) is 5.51. The number of nitrogens with zero attached hydrogens (tertiary/aromatic N) is 2. The van der Waals surface area contributed by atoms with Gasteiger partial charge in [0.25, 0.3) is 6.01 Å². The maximum Gasteiger partial charge on any atom is 0.297 e. The lowest BCUT2D eigenvalue weighted by Crippen LogP contribution is -2.38. The predicted octanol–water partition coefficient (Wildman–Crippen LogP) is 1.65. The first-order chi connectivity index (χ1) is 7.20. The van der Waals surface area contributed by atoms with Crippen molar-refractivity contribution in [2.45, 2.75) is 26.9 Å². The number of hydrogen-bond donors (Lipinski definition) is 1. The number of aliphatic hydroxyl groups excluding tert-OH is 1. The first kappa shape index (κ1) is 10.5. The zero-order valence-corrected chi connectivity index (χ0v) is 9.31. The SMILES string of the molecule is CC1CCN(c2nc(CO)co2)CC1C. The normalized spacial score (nSPS) is 27.0. The van der Waals surface area contributed by atoms with Gasteiger partial charge in [0, 0.05) is 13.1 Å². The Morgan fingerprint density at radius 1 is 1.53 bits per heavy atom. The van der Waals surface area contributed by atoms with Crippen LogP contribution >= 0.6 is 0 Å². The summed E-state index contributed by atoms with van der Waals surface area (Å²) in [7, 11) is 0. The van der Waals surface area contributed by atoms with Gasteiger partial charge in [-0.05, 0) is 18.3 Å². The number of aliphatic hydroxyl groups is 1. The molecule has 1 aromatic rings. The number of piperidine rings is 1. The number of hydrogen-bond acceptors (Lipinski definition) is 4. The van der Waals surface area contributed by atoms with Crippen molar-refractivity contribution >= 4 is 6.01 Å². The molecule has 2 atom stereocenters. The molecule has 1 aliphatic heterocycles. The minimum absolute atomic E-state index is 0.0523.